The number of carbonyl (C=O) groups is 1. The van der Waals surface area contributed by atoms with Crippen LogP contribution >= 0.6 is 0 Å². The van der Waals surface area contributed by atoms with Crippen LogP contribution in [-0.2, 0) is 6.54 Å². The van der Waals surface area contributed by atoms with Gasteiger partial charge in [-0.1, -0.05) is 32.0 Å². The number of hydrogen-bond donors (Lipinski definition) is 2. The van der Waals surface area contributed by atoms with Crippen molar-refractivity contribution in [2.45, 2.75) is 26.3 Å². The first-order valence-corrected chi connectivity index (χ1v) is 8.89. The average molecular weight is 341 g/mol. The van der Waals surface area contributed by atoms with E-state index in [-0.39, 0.29) is 5.91 Å². The number of benzene rings is 1. The molecule has 0 radical (unpaired) electrons. The minimum atomic E-state index is -0.142. The lowest BCUT2D eigenvalue weighted by molar-refractivity contribution is 0.0946. The van der Waals surface area contributed by atoms with Gasteiger partial charge in [0.2, 0.25) is 0 Å². The molecular formula is C19H27N5O. The molecule has 1 saturated heterocycles. The molecule has 6 heteroatoms. The Kier molecular flexibility index (Phi) is 5.38. The smallest absolute Gasteiger partial charge is 0.272 e. The number of para-hydroxylation sites is 1. The standard InChI is InChI=1S/C19H27N5O/c1-14(2)16-12-17(22-21-16)19(25)20-13-15-6-4-5-7-18(15)24-10-8-23(3)9-11-24/h4-7,12,14H,8-11,13H2,1-3H3,(H,20,25)(H,21,22). The van der Waals surface area contributed by atoms with Crippen molar-refractivity contribution in [1.82, 2.24) is 20.4 Å². The Labute approximate surface area is 149 Å². The van der Waals surface area contributed by atoms with Crippen LogP contribution in [0.25, 0.3) is 0 Å². The third-order valence-corrected chi connectivity index (χ3v) is 4.73. The van der Waals surface area contributed by atoms with Gasteiger partial charge < -0.3 is 15.1 Å². The van der Waals surface area contributed by atoms with Gasteiger partial charge in [0.15, 0.2) is 0 Å². The zero-order valence-corrected chi connectivity index (χ0v) is 15.2. The molecule has 1 aliphatic heterocycles. The van der Waals surface area contributed by atoms with Crippen LogP contribution in [0.4, 0.5) is 5.69 Å². The lowest BCUT2D eigenvalue weighted by atomic mass is 10.1. The molecule has 6 nitrogen and oxygen atoms in total. The summed E-state index contributed by atoms with van der Waals surface area (Å²) in [5.74, 6) is 0.184. The number of likely N-dealkylation sites (N-methyl/N-ethyl adjacent to an activating group) is 1. The van der Waals surface area contributed by atoms with Gasteiger partial charge in [-0.05, 0) is 30.7 Å². The van der Waals surface area contributed by atoms with Gasteiger partial charge in [-0.2, -0.15) is 5.10 Å². The van der Waals surface area contributed by atoms with E-state index in [2.05, 4.69) is 64.4 Å². The third kappa shape index (κ3) is 4.20. The van der Waals surface area contributed by atoms with Gasteiger partial charge in [-0.25, -0.2) is 0 Å². The van der Waals surface area contributed by atoms with Gasteiger partial charge in [0, 0.05) is 44.1 Å². The van der Waals surface area contributed by atoms with E-state index in [9.17, 15) is 4.79 Å². The molecule has 2 heterocycles. The van der Waals surface area contributed by atoms with Crippen molar-refractivity contribution in [3.8, 4) is 0 Å². The van der Waals surface area contributed by atoms with Crippen molar-refractivity contribution in [2.24, 2.45) is 0 Å². The fourth-order valence-corrected chi connectivity index (χ4v) is 3.03. The summed E-state index contributed by atoms with van der Waals surface area (Å²) in [7, 11) is 2.15. The lowest BCUT2D eigenvalue weighted by Gasteiger charge is -2.35. The first kappa shape index (κ1) is 17.5. The maximum Gasteiger partial charge on any atom is 0.272 e. The number of H-pyrrole nitrogens is 1. The SMILES string of the molecule is CC(C)c1cc(C(=O)NCc2ccccc2N2CCN(C)CC2)n[nH]1. The van der Waals surface area contributed by atoms with Crippen LogP contribution in [0.1, 0.15) is 41.5 Å². The molecule has 0 atom stereocenters. The van der Waals surface area contributed by atoms with E-state index in [4.69, 9.17) is 0 Å². The minimum absolute atomic E-state index is 0.142. The van der Waals surface area contributed by atoms with Gasteiger partial charge in [0.05, 0.1) is 0 Å². The number of rotatable bonds is 5. The van der Waals surface area contributed by atoms with Crippen molar-refractivity contribution in [3.05, 3.63) is 47.3 Å². The quantitative estimate of drug-likeness (QED) is 0.875. The molecule has 134 valence electrons. The second-order valence-electron chi connectivity index (χ2n) is 6.96. The van der Waals surface area contributed by atoms with Crippen LogP contribution in [0, 0.1) is 0 Å². The number of nitrogens with zero attached hydrogens (tertiary/aromatic N) is 3. The molecule has 0 unspecified atom stereocenters. The second kappa shape index (κ2) is 7.70. The molecule has 1 amide bonds. The first-order valence-electron chi connectivity index (χ1n) is 8.89. The van der Waals surface area contributed by atoms with E-state index in [0.29, 0.717) is 18.2 Å². The van der Waals surface area contributed by atoms with E-state index in [1.807, 2.05) is 12.1 Å². The normalized spacial score (nSPS) is 15.6. The number of aromatic amines is 1. The van der Waals surface area contributed by atoms with Crippen molar-refractivity contribution in [3.63, 3.8) is 0 Å². The van der Waals surface area contributed by atoms with Crippen molar-refractivity contribution in [1.29, 1.82) is 0 Å². The molecule has 0 spiro atoms. The molecule has 2 aromatic rings. The summed E-state index contributed by atoms with van der Waals surface area (Å²) in [4.78, 5) is 17.1. The van der Waals surface area contributed by atoms with Crippen LogP contribution in [0.5, 0.6) is 0 Å². The van der Waals surface area contributed by atoms with E-state index >= 15 is 0 Å². The molecule has 25 heavy (non-hydrogen) atoms. The highest BCUT2D eigenvalue weighted by molar-refractivity contribution is 5.92. The topological polar surface area (TPSA) is 64.3 Å². The predicted octanol–water partition coefficient (Wildman–Crippen LogP) is 2.21. The Balaban J connectivity index is 1.65. The third-order valence-electron chi connectivity index (χ3n) is 4.73. The number of anilines is 1. The number of carbonyl (C=O) groups excluding carboxylic acids is 1. The maximum absolute atomic E-state index is 12.4. The number of piperazine rings is 1. The Morgan fingerprint density at radius 1 is 1.24 bits per heavy atom. The van der Waals surface area contributed by atoms with Crippen LogP contribution in [0.15, 0.2) is 30.3 Å². The first-order chi connectivity index (χ1) is 12.0. The highest BCUT2D eigenvalue weighted by Gasteiger charge is 2.17. The summed E-state index contributed by atoms with van der Waals surface area (Å²) in [6, 6.07) is 10.1. The summed E-state index contributed by atoms with van der Waals surface area (Å²) >= 11 is 0. The highest BCUT2D eigenvalue weighted by atomic mass is 16.1. The minimum Gasteiger partial charge on any atom is -0.369 e. The largest absolute Gasteiger partial charge is 0.369 e. The van der Waals surface area contributed by atoms with Gasteiger partial charge in [0.1, 0.15) is 5.69 Å². The highest BCUT2D eigenvalue weighted by Crippen LogP contribution is 2.21. The molecule has 1 aromatic heterocycles. The Bertz CT molecular complexity index is 716. The van der Waals surface area contributed by atoms with Gasteiger partial charge in [-0.15, -0.1) is 0 Å². The number of hydrogen-bond acceptors (Lipinski definition) is 4. The average Bonchev–Trinajstić information content (AvgIpc) is 3.11. The molecule has 0 bridgehead atoms. The predicted molar refractivity (Wildman–Crippen MR) is 100.0 cm³/mol. The molecule has 0 saturated carbocycles. The molecule has 1 aliphatic rings. The van der Waals surface area contributed by atoms with E-state index in [1.54, 1.807) is 0 Å². The molecule has 1 aromatic carbocycles. The van der Waals surface area contributed by atoms with Crippen LogP contribution in [-0.4, -0.2) is 54.2 Å². The van der Waals surface area contributed by atoms with Crippen LogP contribution in [0.3, 0.4) is 0 Å². The number of amides is 1. The van der Waals surface area contributed by atoms with Crippen LogP contribution in [0.2, 0.25) is 0 Å². The molecule has 3 rings (SSSR count). The van der Waals surface area contributed by atoms with Gasteiger partial charge in [0.25, 0.3) is 5.91 Å². The van der Waals surface area contributed by atoms with Gasteiger partial charge >= 0.3 is 0 Å². The zero-order valence-electron chi connectivity index (χ0n) is 15.2. The van der Waals surface area contributed by atoms with E-state index in [1.165, 1.54) is 5.69 Å². The van der Waals surface area contributed by atoms with Crippen molar-refractivity contribution in [2.75, 3.05) is 38.1 Å². The maximum atomic E-state index is 12.4. The summed E-state index contributed by atoms with van der Waals surface area (Å²) in [6.45, 7) is 8.79. The van der Waals surface area contributed by atoms with Crippen LogP contribution < -0.4 is 10.2 Å². The van der Waals surface area contributed by atoms with Crippen molar-refractivity contribution >= 4 is 11.6 Å². The summed E-state index contributed by atoms with van der Waals surface area (Å²) in [5, 5.41) is 10.0. The summed E-state index contributed by atoms with van der Waals surface area (Å²) in [6.07, 6.45) is 0. The Morgan fingerprint density at radius 2 is 1.96 bits per heavy atom. The Morgan fingerprint density at radius 3 is 2.64 bits per heavy atom. The second-order valence-corrected chi connectivity index (χ2v) is 6.96. The van der Waals surface area contributed by atoms with Gasteiger partial charge in [-0.3, -0.25) is 9.89 Å². The molecule has 1 fully saturated rings. The molecule has 2 N–H and O–H groups in total. The summed E-state index contributed by atoms with van der Waals surface area (Å²) < 4.78 is 0. The monoisotopic (exact) mass is 341 g/mol. The molecular weight excluding hydrogens is 314 g/mol. The number of nitrogens with one attached hydrogen (secondary N) is 2. The fraction of sp³-hybridized carbons (Fsp3) is 0.474. The zero-order chi connectivity index (χ0) is 17.8. The lowest BCUT2D eigenvalue weighted by Crippen LogP contribution is -2.45. The number of aromatic nitrogens is 2. The molecule has 0 aliphatic carbocycles. The Hall–Kier alpha value is -2.34. The van der Waals surface area contributed by atoms with E-state index in [0.717, 1.165) is 37.4 Å². The van der Waals surface area contributed by atoms with E-state index < -0.39 is 0 Å². The van der Waals surface area contributed by atoms with Crippen molar-refractivity contribution < 1.29 is 4.79 Å². The fourth-order valence-electron chi connectivity index (χ4n) is 3.03. The summed E-state index contributed by atoms with van der Waals surface area (Å²) in [5.41, 5.74) is 3.77.